The lowest BCUT2D eigenvalue weighted by Crippen LogP contribution is -2.04. The van der Waals surface area contributed by atoms with Crippen LogP contribution in [0.3, 0.4) is 0 Å². The number of unbranched alkanes of at least 4 members (excludes halogenated alkanes) is 6. The summed E-state index contributed by atoms with van der Waals surface area (Å²) in [6.45, 7) is 4.93. The van der Waals surface area contributed by atoms with E-state index in [1.807, 2.05) is 13.1 Å². The van der Waals surface area contributed by atoms with Crippen LogP contribution in [-0.4, -0.2) is 6.61 Å². The highest BCUT2D eigenvalue weighted by Gasteiger charge is 1.87. The minimum atomic E-state index is 0.710. The molecule has 0 heterocycles. The molecule has 14 heavy (non-hydrogen) atoms. The van der Waals surface area contributed by atoms with Crippen molar-refractivity contribution in [3.63, 3.8) is 0 Å². The van der Waals surface area contributed by atoms with Crippen LogP contribution in [-0.2, 0) is 4.84 Å². The molecule has 2 heteroatoms. The van der Waals surface area contributed by atoms with Crippen LogP contribution >= 0.6 is 0 Å². The highest BCUT2D eigenvalue weighted by atomic mass is 16.6. The SMILES string of the molecule is CCCCCCCCC=CNOCC. The molecule has 0 fully saturated rings. The van der Waals surface area contributed by atoms with E-state index >= 15 is 0 Å². The van der Waals surface area contributed by atoms with Gasteiger partial charge in [0, 0.05) is 6.20 Å². The van der Waals surface area contributed by atoms with Crippen LogP contribution in [0.4, 0.5) is 0 Å². The van der Waals surface area contributed by atoms with Gasteiger partial charge in [-0.2, -0.15) is 0 Å². The van der Waals surface area contributed by atoms with Crippen molar-refractivity contribution in [3.05, 3.63) is 12.3 Å². The number of allylic oxidation sites excluding steroid dienone is 1. The van der Waals surface area contributed by atoms with Gasteiger partial charge < -0.3 is 0 Å². The van der Waals surface area contributed by atoms with Crippen molar-refractivity contribution in [1.82, 2.24) is 5.48 Å². The first-order chi connectivity index (χ1) is 6.91. The second-order valence-corrected chi connectivity index (χ2v) is 3.51. The second kappa shape index (κ2) is 12.5. The Kier molecular flexibility index (Phi) is 12.1. The first-order valence-corrected chi connectivity index (χ1v) is 5.94. The zero-order valence-corrected chi connectivity index (χ0v) is 9.72. The van der Waals surface area contributed by atoms with Crippen molar-refractivity contribution >= 4 is 0 Å². The van der Waals surface area contributed by atoms with Crippen molar-refractivity contribution in [2.24, 2.45) is 0 Å². The van der Waals surface area contributed by atoms with E-state index in [0.29, 0.717) is 6.61 Å². The summed E-state index contributed by atoms with van der Waals surface area (Å²) >= 11 is 0. The fourth-order valence-corrected chi connectivity index (χ4v) is 1.31. The van der Waals surface area contributed by atoms with Crippen molar-refractivity contribution < 1.29 is 4.84 Å². The van der Waals surface area contributed by atoms with Gasteiger partial charge in [-0.25, -0.2) is 0 Å². The molecule has 0 radical (unpaired) electrons. The lowest BCUT2D eigenvalue weighted by atomic mass is 10.1. The molecule has 0 aliphatic heterocycles. The molecular formula is C12H25NO. The molecule has 0 spiro atoms. The summed E-state index contributed by atoms with van der Waals surface area (Å²) in [7, 11) is 0. The largest absolute Gasteiger partial charge is 0.277 e. The summed E-state index contributed by atoms with van der Waals surface area (Å²) in [5.74, 6) is 0. The number of nitrogens with one attached hydrogen (secondary N) is 1. The van der Waals surface area contributed by atoms with Gasteiger partial charge in [-0.3, -0.25) is 10.3 Å². The summed E-state index contributed by atoms with van der Waals surface area (Å²) in [6, 6.07) is 0. The Bertz CT molecular complexity index is 123. The Labute approximate surface area is 88.7 Å². The van der Waals surface area contributed by atoms with E-state index < -0.39 is 0 Å². The van der Waals surface area contributed by atoms with Crippen LogP contribution in [0.15, 0.2) is 12.3 Å². The van der Waals surface area contributed by atoms with E-state index in [9.17, 15) is 0 Å². The van der Waals surface area contributed by atoms with Crippen molar-refractivity contribution in [1.29, 1.82) is 0 Å². The third kappa shape index (κ3) is 11.5. The van der Waals surface area contributed by atoms with Gasteiger partial charge in [0.15, 0.2) is 0 Å². The molecular weight excluding hydrogens is 174 g/mol. The molecule has 1 N–H and O–H groups in total. The fraction of sp³-hybridized carbons (Fsp3) is 0.833. The van der Waals surface area contributed by atoms with Crippen molar-refractivity contribution in [2.75, 3.05) is 6.61 Å². The zero-order chi connectivity index (χ0) is 10.5. The normalized spacial score (nSPS) is 11.0. The molecule has 0 unspecified atom stereocenters. The van der Waals surface area contributed by atoms with E-state index in [2.05, 4.69) is 18.5 Å². The van der Waals surface area contributed by atoms with E-state index in [4.69, 9.17) is 4.84 Å². The molecule has 0 aliphatic carbocycles. The van der Waals surface area contributed by atoms with Crippen molar-refractivity contribution in [3.8, 4) is 0 Å². The molecule has 0 rings (SSSR count). The molecule has 84 valence electrons. The molecule has 0 aromatic heterocycles. The smallest absolute Gasteiger partial charge is 0.0717 e. The maximum absolute atomic E-state index is 4.96. The average molecular weight is 199 g/mol. The van der Waals surface area contributed by atoms with E-state index in [1.54, 1.807) is 0 Å². The molecule has 0 saturated heterocycles. The lowest BCUT2D eigenvalue weighted by molar-refractivity contribution is 0.0823. The van der Waals surface area contributed by atoms with Gasteiger partial charge in [-0.15, -0.1) is 0 Å². The topological polar surface area (TPSA) is 21.3 Å². The maximum atomic E-state index is 4.96. The first-order valence-electron chi connectivity index (χ1n) is 5.94. The third-order valence-electron chi connectivity index (χ3n) is 2.14. The molecule has 0 aromatic carbocycles. The van der Waals surface area contributed by atoms with Crippen LogP contribution in [0.1, 0.15) is 58.8 Å². The minimum Gasteiger partial charge on any atom is -0.277 e. The highest BCUT2D eigenvalue weighted by Crippen LogP contribution is 2.06. The van der Waals surface area contributed by atoms with Crippen LogP contribution in [0.5, 0.6) is 0 Å². The van der Waals surface area contributed by atoms with E-state index in [1.165, 1.54) is 38.5 Å². The maximum Gasteiger partial charge on any atom is 0.0717 e. The highest BCUT2D eigenvalue weighted by molar-refractivity contribution is 4.76. The second-order valence-electron chi connectivity index (χ2n) is 3.51. The van der Waals surface area contributed by atoms with Crippen LogP contribution in [0, 0.1) is 0 Å². The van der Waals surface area contributed by atoms with Gasteiger partial charge in [0.2, 0.25) is 0 Å². The molecule has 0 amide bonds. The Hall–Kier alpha value is -0.500. The summed E-state index contributed by atoms with van der Waals surface area (Å²) < 4.78 is 0. The third-order valence-corrected chi connectivity index (χ3v) is 2.14. The predicted octanol–water partition coefficient (Wildman–Crippen LogP) is 3.79. The van der Waals surface area contributed by atoms with Gasteiger partial charge in [-0.05, 0) is 19.8 Å². The van der Waals surface area contributed by atoms with Gasteiger partial charge in [0.05, 0.1) is 6.61 Å². The van der Waals surface area contributed by atoms with Crippen LogP contribution in [0.25, 0.3) is 0 Å². The summed E-state index contributed by atoms with van der Waals surface area (Å²) in [4.78, 5) is 4.96. The molecule has 0 aromatic rings. The van der Waals surface area contributed by atoms with Gasteiger partial charge in [0.25, 0.3) is 0 Å². The van der Waals surface area contributed by atoms with E-state index in [0.717, 1.165) is 6.42 Å². The number of hydroxylamine groups is 1. The summed E-state index contributed by atoms with van der Waals surface area (Å²) in [5, 5.41) is 0. The standard InChI is InChI=1S/C12H25NO/c1-3-5-6-7-8-9-10-11-12-13-14-4-2/h11-13H,3-10H2,1-2H3. The predicted molar refractivity (Wildman–Crippen MR) is 61.9 cm³/mol. The number of rotatable bonds is 10. The summed E-state index contributed by atoms with van der Waals surface area (Å²) in [5.41, 5.74) is 2.77. The quantitative estimate of drug-likeness (QED) is 0.427. The Morgan fingerprint density at radius 2 is 1.71 bits per heavy atom. The van der Waals surface area contributed by atoms with Crippen LogP contribution < -0.4 is 5.48 Å². The van der Waals surface area contributed by atoms with Gasteiger partial charge in [0.1, 0.15) is 0 Å². The van der Waals surface area contributed by atoms with E-state index in [-0.39, 0.29) is 0 Å². The van der Waals surface area contributed by atoms with Gasteiger partial charge >= 0.3 is 0 Å². The Balaban J connectivity index is 2.94. The molecule has 2 nitrogen and oxygen atoms in total. The molecule has 0 bridgehead atoms. The number of hydrogen-bond donors (Lipinski definition) is 1. The first kappa shape index (κ1) is 13.5. The molecule has 0 atom stereocenters. The monoisotopic (exact) mass is 199 g/mol. The molecule has 0 aliphatic rings. The number of hydrogen-bond acceptors (Lipinski definition) is 2. The minimum absolute atomic E-state index is 0.710. The Morgan fingerprint density at radius 1 is 1.00 bits per heavy atom. The lowest BCUT2D eigenvalue weighted by Gasteiger charge is -1.98. The van der Waals surface area contributed by atoms with Crippen LogP contribution in [0.2, 0.25) is 0 Å². The fourth-order valence-electron chi connectivity index (χ4n) is 1.31. The summed E-state index contributed by atoms with van der Waals surface area (Å²) in [6.07, 6.45) is 13.3. The van der Waals surface area contributed by atoms with Gasteiger partial charge in [-0.1, -0.05) is 45.1 Å². The average Bonchev–Trinajstić information content (AvgIpc) is 2.21. The Morgan fingerprint density at radius 3 is 2.43 bits per heavy atom. The molecule has 0 saturated carbocycles. The zero-order valence-electron chi connectivity index (χ0n) is 9.72. The van der Waals surface area contributed by atoms with Crippen molar-refractivity contribution in [2.45, 2.75) is 58.8 Å².